The number of thioether (sulfide) groups is 1. The molecule has 0 bridgehead atoms. The van der Waals surface area contributed by atoms with E-state index >= 15 is 0 Å². The molecule has 0 aromatic carbocycles. The summed E-state index contributed by atoms with van der Waals surface area (Å²) in [6.07, 6.45) is -0.201. The Kier molecular flexibility index (Phi) is 3.63. The molecule has 1 saturated carbocycles. The summed E-state index contributed by atoms with van der Waals surface area (Å²) in [6, 6.07) is 0. The molecular weight excluding hydrogens is 250 g/mol. The van der Waals surface area contributed by atoms with Gasteiger partial charge in [0.25, 0.3) is 0 Å². The van der Waals surface area contributed by atoms with Crippen molar-refractivity contribution >= 4 is 23.0 Å². The minimum atomic E-state index is -0.423. The summed E-state index contributed by atoms with van der Waals surface area (Å²) in [5, 5.41) is 0.184. The van der Waals surface area contributed by atoms with Crippen molar-refractivity contribution in [2.75, 3.05) is 18.8 Å². The number of carbonyl (C=O) groups is 2. The zero-order valence-electron chi connectivity index (χ0n) is 11.4. The number of nitrogens with zero attached hydrogens (tertiary/aromatic N) is 1. The molecule has 1 amide bonds. The Morgan fingerprint density at radius 2 is 1.83 bits per heavy atom. The average molecular weight is 271 g/mol. The SMILES string of the molecule is CC(=O)SCC1[C@H]2CN(C(=O)OC(C)(C)C)C[C@@H]12. The number of piperidine rings is 1. The minimum absolute atomic E-state index is 0.184. The molecule has 1 unspecified atom stereocenters. The van der Waals surface area contributed by atoms with E-state index in [2.05, 4.69) is 0 Å². The van der Waals surface area contributed by atoms with Crippen molar-refractivity contribution in [2.24, 2.45) is 17.8 Å². The smallest absolute Gasteiger partial charge is 0.410 e. The van der Waals surface area contributed by atoms with Gasteiger partial charge in [0.2, 0.25) is 0 Å². The van der Waals surface area contributed by atoms with Crippen LogP contribution in [0.25, 0.3) is 0 Å². The number of rotatable bonds is 2. The van der Waals surface area contributed by atoms with Crippen molar-refractivity contribution in [1.29, 1.82) is 0 Å². The number of hydrogen-bond acceptors (Lipinski definition) is 4. The summed E-state index contributed by atoms with van der Waals surface area (Å²) < 4.78 is 5.35. The Bertz CT molecular complexity index is 352. The summed E-state index contributed by atoms with van der Waals surface area (Å²) in [7, 11) is 0. The lowest BCUT2D eigenvalue weighted by Gasteiger charge is -2.25. The highest BCUT2D eigenvalue weighted by Crippen LogP contribution is 2.53. The number of amides is 1. The first-order valence-electron chi connectivity index (χ1n) is 6.39. The van der Waals surface area contributed by atoms with Gasteiger partial charge in [0.05, 0.1) is 0 Å². The van der Waals surface area contributed by atoms with Gasteiger partial charge in [0.15, 0.2) is 5.12 Å². The van der Waals surface area contributed by atoms with Crippen molar-refractivity contribution in [3.8, 4) is 0 Å². The van der Waals surface area contributed by atoms with Crippen molar-refractivity contribution in [3.63, 3.8) is 0 Å². The summed E-state index contributed by atoms with van der Waals surface area (Å²) >= 11 is 1.40. The first-order valence-corrected chi connectivity index (χ1v) is 7.38. The predicted molar refractivity (Wildman–Crippen MR) is 71.4 cm³/mol. The van der Waals surface area contributed by atoms with E-state index in [4.69, 9.17) is 4.74 Å². The van der Waals surface area contributed by atoms with E-state index in [9.17, 15) is 9.59 Å². The Morgan fingerprint density at radius 3 is 2.28 bits per heavy atom. The van der Waals surface area contributed by atoms with Gasteiger partial charge in [-0.25, -0.2) is 4.79 Å². The van der Waals surface area contributed by atoms with Crippen molar-refractivity contribution in [3.05, 3.63) is 0 Å². The van der Waals surface area contributed by atoms with Gasteiger partial charge in [-0.1, -0.05) is 11.8 Å². The lowest BCUT2D eigenvalue weighted by Crippen LogP contribution is -2.37. The van der Waals surface area contributed by atoms with Gasteiger partial charge in [-0.15, -0.1) is 0 Å². The molecule has 3 atom stereocenters. The molecule has 0 radical (unpaired) electrons. The molecule has 1 heterocycles. The monoisotopic (exact) mass is 271 g/mol. The molecule has 0 aromatic heterocycles. The van der Waals surface area contributed by atoms with Crippen LogP contribution in [0.1, 0.15) is 27.7 Å². The van der Waals surface area contributed by atoms with Crippen LogP contribution in [0.5, 0.6) is 0 Å². The number of fused-ring (bicyclic) bond motifs is 1. The second kappa shape index (κ2) is 4.76. The highest BCUT2D eigenvalue weighted by atomic mass is 32.2. The van der Waals surface area contributed by atoms with Gasteiger partial charge in [-0.2, -0.15) is 0 Å². The third-order valence-corrected chi connectivity index (χ3v) is 4.46. The highest BCUT2D eigenvalue weighted by molar-refractivity contribution is 8.13. The maximum absolute atomic E-state index is 11.8. The number of hydrogen-bond donors (Lipinski definition) is 0. The van der Waals surface area contributed by atoms with Crippen molar-refractivity contribution in [2.45, 2.75) is 33.3 Å². The van der Waals surface area contributed by atoms with E-state index in [1.54, 1.807) is 11.8 Å². The molecule has 2 rings (SSSR count). The standard InChI is InChI=1S/C13H21NO3S/c1-8(15)18-7-11-9-5-14(6-10(9)11)12(16)17-13(2,3)4/h9-11H,5-7H2,1-4H3/t9-,10+,11?. The maximum atomic E-state index is 11.8. The Labute approximate surface area is 112 Å². The molecule has 1 aliphatic heterocycles. The molecule has 2 aliphatic rings. The van der Waals surface area contributed by atoms with E-state index in [0.29, 0.717) is 17.8 Å². The summed E-state index contributed by atoms with van der Waals surface area (Å²) in [6.45, 7) is 8.84. The second-order valence-electron chi connectivity index (χ2n) is 6.18. The molecule has 0 spiro atoms. The summed E-state index contributed by atoms with van der Waals surface area (Å²) in [5.74, 6) is 2.71. The third-order valence-electron chi connectivity index (χ3n) is 3.50. The fourth-order valence-corrected chi connectivity index (χ4v) is 3.51. The fraction of sp³-hybridized carbons (Fsp3) is 0.846. The van der Waals surface area contributed by atoms with Crippen molar-refractivity contribution < 1.29 is 14.3 Å². The zero-order chi connectivity index (χ0) is 13.5. The molecule has 5 heteroatoms. The molecule has 4 nitrogen and oxygen atoms in total. The molecule has 1 aliphatic carbocycles. The number of likely N-dealkylation sites (tertiary alicyclic amines) is 1. The van der Waals surface area contributed by atoms with Crippen LogP contribution in [0.2, 0.25) is 0 Å². The van der Waals surface area contributed by atoms with Crippen LogP contribution in [0, 0.1) is 17.8 Å². The van der Waals surface area contributed by atoms with Crippen LogP contribution in [-0.2, 0) is 9.53 Å². The van der Waals surface area contributed by atoms with E-state index in [-0.39, 0.29) is 11.2 Å². The van der Waals surface area contributed by atoms with E-state index < -0.39 is 5.60 Å². The third kappa shape index (κ3) is 3.19. The zero-order valence-corrected chi connectivity index (χ0v) is 12.3. The van der Waals surface area contributed by atoms with Crippen LogP contribution in [0.4, 0.5) is 4.79 Å². The lowest BCUT2D eigenvalue weighted by molar-refractivity contribution is -0.109. The van der Waals surface area contributed by atoms with Gasteiger partial charge in [-0.3, -0.25) is 4.79 Å². The number of carbonyl (C=O) groups excluding carboxylic acids is 2. The van der Waals surface area contributed by atoms with Gasteiger partial charge in [0.1, 0.15) is 5.60 Å². The molecule has 102 valence electrons. The fourth-order valence-electron chi connectivity index (χ4n) is 2.59. The first kappa shape index (κ1) is 13.7. The highest BCUT2D eigenvalue weighted by Gasteiger charge is 2.56. The normalized spacial score (nSPS) is 30.0. The lowest BCUT2D eigenvalue weighted by atomic mass is 10.2. The molecule has 0 aromatic rings. The van der Waals surface area contributed by atoms with Crippen molar-refractivity contribution in [1.82, 2.24) is 4.90 Å². The average Bonchev–Trinajstić information content (AvgIpc) is 2.67. The Balaban J connectivity index is 1.74. The molecular formula is C13H21NO3S. The molecule has 0 N–H and O–H groups in total. The molecule has 2 fully saturated rings. The van der Waals surface area contributed by atoms with E-state index in [1.807, 2.05) is 20.8 Å². The van der Waals surface area contributed by atoms with Crippen LogP contribution < -0.4 is 0 Å². The first-order chi connectivity index (χ1) is 8.28. The molecule has 18 heavy (non-hydrogen) atoms. The van der Waals surface area contributed by atoms with Gasteiger partial charge >= 0.3 is 6.09 Å². The summed E-state index contributed by atoms with van der Waals surface area (Å²) in [4.78, 5) is 24.5. The van der Waals surface area contributed by atoms with Gasteiger partial charge < -0.3 is 9.64 Å². The van der Waals surface area contributed by atoms with Gasteiger partial charge in [-0.05, 0) is 38.5 Å². The van der Waals surface area contributed by atoms with E-state index in [0.717, 1.165) is 18.8 Å². The van der Waals surface area contributed by atoms with Crippen LogP contribution in [-0.4, -0.2) is 40.6 Å². The topological polar surface area (TPSA) is 46.6 Å². The largest absolute Gasteiger partial charge is 0.444 e. The maximum Gasteiger partial charge on any atom is 0.410 e. The number of ether oxygens (including phenoxy) is 1. The van der Waals surface area contributed by atoms with Crippen LogP contribution in [0.15, 0.2) is 0 Å². The Morgan fingerprint density at radius 1 is 1.28 bits per heavy atom. The summed E-state index contributed by atoms with van der Waals surface area (Å²) in [5.41, 5.74) is -0.423. The quantitative estimate of drug-likeness (QED) is 0.773. The second-order valence-corrected chi connectivity index (χ2v) is 7.38. The van der Waals surface area contributed by atoms with Gasteiger partial charge in [0, 0.05) is 25.8 Å². The minimum Gasteiger partial charge on any atom is -0.444 e. The molecule has 1 saturated heterocycles. The van der Waals surface area contributed by atoms with Crippen LogP contribution >= 0.6 is 11.8 Å². The van der Waals surface area contributed by atoms with E-state index in [1.165, 1.54) is 11.8 Å². The predicted octanol–water partition coefficient (Wildman–Crippen LogP) is 2.38. The Hall–Kier alpha value is -0.710. The van der Waals surface area contributed by atoms with Crippen LogP contribution in [0.3, 0.4) is 0 Å².